The summed E-state index contributed by atoms with van der Waals surface area (Å²) < 4.78 is 0. The number of thioether (sulfide) groups is 1. The highest BCUT2D eigenvalue weighted by Crippen LogP contribution is 2.28. The van der Waals surface area contributed by atoms with Gasteiger partial charge in [-0.25, -0.2) is 0 Å². The van der Waals surface area contributed by atoms with Crippen LogP contribution >= 0.6 is 11.8 Å². The minimum Gasteiger partial charge on any atom is -0.294 e. The second-order valence-corrected chi connectivity index (χ2v) is 5.01. The van der Waals surface area contributed by atoms with E-state index in [4.69, 9.17) is 0 Å². The Kier molecular flexibility index (Phi) is 4.37. The summed E-state index contributed by atoms with van der Waals surface area (Å²) in [6, 6.07) is 19.8. The lowest BCUT2D eigenvalue weighted by molar-refractivity contribution is -0.112. The third-order valence-corrected chi connectivity index (χ3v) is 3.55. The molecule has 90 valence electrons. The van der Waals surface area contributed by atoms with Crippen molar-refractivity contribution >= 4 is 23.6 Å². The van der Waals surface area contributed by atoms with Crippen molar-refractivity contribution in [1.29, 1.82) is 0 Å². The van der Waals surface area contributed by atoms with Gasteiger partial charge in [0, 0.05) is 4.90 Å². The quantitative estimate of drug-likeness (QED) is 0.594. The van der Waals surface area contributed by atoms with Crippen LogP contribution in [0.5, 0.6) is 0 Å². The number of allylic oxidation sites excluding steroid dienone is 1. The molecular formula is C16H14OS. The average molecular weight is 254 g/mol. The van der Waals surface area contributed by atoms with Crippen LogP contribution in [0.3, 0.4) is 0 Å². The van der Waals surface area contributed by atoms with Crippen molar-refractivity contribution in [2.75, 3.05) is 0 Å². The van der Waals surface area contributed by atoms with Gasteiger partial charge in [-0.05, 0) is 30.7 Å². The van der Waals surface area contributed by atoms with Crippen molar-refractivity contribution in [3.8, 4) is 0 Å². The van der Waals surface area contributed by atoms with Crippen LogP contribution in [0.25, 0.3) is 6.08 Å². The normalized spacial score (nSPS) is 11.3. The van der Waals surface area contributed by atoms with E-state index >= 15 is 0 Å². The van der Waals surface area contributed by atoms with E-state index in [1.807, 2.05) is 66.7 Å². The Bertz CT molecular complexity index is 544. The van der Waals surface area contributed by atoms with Crippen LogP contribution in [0.15, 0.2) is 70.5 Å². The topological polar surface area (TPSA) is 17.1 Å². The first-order chi connectivity index (χ1) is 8.75. The second kappa shape index (κ2) is 6.22. The number of carbonyl (C=O) groups excluding carboxylic acids is 1. The minimum atomic E-state index is 0.0905. The first-order valence-electron chi connectivity index (χ1n) is 5.76. The summed E-state index contributed by atoms with van der Waals surface area (Å²) in [5.41, 5.74) is 1.05. The van der Waals surface area contributed by atoms with E-state index in [1.165, 1.54) is 11.8 Å². The Labute approximate surface area is 112 Å². The van der Waals surface area contributed by atoms with Crippen LogP contribution in [-0.2, 0) is 4.79 Å². The van der Waals surface area contributed by atoms with Crippen LogP contribution in [0.1, 0.15) is 12.5 Å². The first kappa shape index (κ1) is 12.7. The first-order valence-corrected chi connectivity index (χ1v) is 6.58. The molecule has 1 nitrogen and oxygen atoms in total. The summed E-state index contributed by atoms with van der Waals surface area (Å²) >= 11 is 1.50. The molecular weight excluding hydrogens is 240 g/mol. The van der Waals surface area contributed by atoms with Crippen molar-refractivity contribution < 1.29 is 4.79 Å². The average Bonchev–Trinajstić information content (AvgIpc) is 2.40. The van der Waals surface area contributed by atoms with Crippen LogP contribution in [0.2, 0.25) is 0 Å². The molecule has 2 aromatic rings. The lowest BCUT2D eigenvalue weighted by atomic mass is 10.2. The summed E-state index contributed by atoms with van der Waals surface area (Å²) in [7, 11) is 0. The molecule has 0 saturated heterocycles. The lowest BCUT2D eigenvalue weighted by Crippen LogP contribution is -1.92. The summed E-state index contributed by atoms with van der Waals surface area (Å²) in [5.74, 6) is 0.0905. The van der Waals surface area contributed by atoms with Gasteiger partial charge in [0.25, 0.3) is 0 Å². The van der Waals surface area contributed by atoms with E-state index in [-0.39, 0.29) is 5.78 Å². The highest BCUT2D eigenvalue weighted by atomic mass is 32.2. The zero-order valence-electron chi connectivity index (χ0n) is 10.2. The van der Waals surface area contributed by atoms with Crippen molar-refractivity contribution in [3.05, 3.63) is 71.1 Å². The molecule has 0 N–H and O–H groups in total. The maximum Gasteiger partial charge on any atom is 0.166 e. The van der Waals surface area contributed by atoms with E-state index in [0.717, 1.165) is 15.4 Å². The standard InChI is InChI=1S/C16H14OS/c1-13(17)16(12-14-8-4-2-5-9-14)18-15-10-6-3-7-11-15/h2-12H,1H3/b16-12+. The van der Waals surface area contributed by atoms with Crippen LogP contribution in [-0.4, -0.2) is 5.78 Å². The number of Topliss-reactive ketones (excluding diaryl/α,β-unsaturated/α-hetero) is 1. The van der Waals surface area contributed by atoms with Gasteiger partial charge in [-0.15, -0.1) is 0 Å². The summed E-state index contributed by atoms with van der Waals surface area (Å²) in [4.78, 5) is 13.5. The maximum absolute atomic E-state index is 11.7. The molecule has 2 heteroatoms. The van der Waals surface area contributed by atoms with Crippen LogP contribution < -0.4 is 0 Å². The van der Waals surface area contributed by atoms with Crippen molar-refractivity contribution in [3.63, 3.8) is 0 Å². The van der Waals surface area contributed by atoms with Crippen molar-refractivity contribution in [1.82, 2.24) is 0 Å². The molecule has 0 unspecified atom stereocenters. The Morgan fingerprint density at radius 1 is 0.944 bits per heavy atom. The minimum absolute atomic E-state index is 0.0905. The van der Waals surface area contributed by atoms with Crippen LogP contribution in [0, 0.1) is 0 Å². The Morgan fingerprint density at radius 2 is 1.50 bits per heavy atom. The number of rotatable bonds is 4. The number of carbonyl (C=O) groups is 1. The van der Waals surface area contributed by atoms with Crippen molar-refractivity contribution in [2.45, 2.75) is 11.8 Å². The lowest BCUT2D eigenvalue weighted by Gasteiger charge is -2.03. The molecule has 0 aromatic heterocycles. The molecule has 2 rings (SSSR count). The van der Waals surface area contributed by atoms with E-state index in [1.54, 1.807) is 6.92 Å². The number of benzene rings is 2. The van der Waals surface area contributed by atoms with Gasteiger partial charge in [0.2, 0.25) is 0 Å². The molecule has 0 bridgehead atoms. The maximum atomic E-state index is 11.7. The van der Waals surface area contributed by atoms with Gasteiger partial charge >= 0.3 is 0 Å². The third kappa shape index (κ3) is 3.60. The molecule has 0 aliphatic heterocycles. The molecule has 0 aliphatic carbocycles. The SMILES string of the molecule is CC(=O)/C(=C\c1ccccc1)Sc1ccccc1. The predicted molar refractivity (Wildman–Crippen MR) is 77.4 cm³/mol. The molecule has 18 heavy (non-hydrogen) atoms. The van der Waals surface area contributed by atoms with Gasteiger partial charge in [0.05, 0.1) is 4.91 Å². The van der Waals surface area contributed by atoms with E-state index in [2.05, 4.69) is 0 Å². The number of hydrogen-bond acceptors (Lipinski definition) is 2. The Hall–Kier alpha value is -1.80. The largest absolute Gasteiger partial charge is 0.294 e. The number of ketones is 1. The summed E-state index contributed by atoms with van der Waals surface area (Å²) in [6.45, 7) is 1.60. The monoisotopic (exact) mass is 254 g/mol. The summed E-state index contributed by atoms with van der Waals surface area (Å²) in [5, 5.41) is 0. The zero-order valence-corrected chi connectivity index (χ0v) is 11.0. The van der Waals surface area contributed by atoms with Gasteiger partial charge in [-0.1, -0.05) is 60.3 Å². The molecule has 0 saturated carbocycles. The van der Waals surface area contributed by atoms with Gasteiger partial charge in [-0.2, -0.15) is 0 Å². The van der Waals surface area contributed by atoms with Gasteiger partial charge in [0.1, 0.15) is 0 Å². The van der Waals surface area contributed by atoms with E-state index in [0.29, 0.717) is 0 Å². The smallest absolute Gasteiger partial charge is 0.166 e. The molecule has 0 amide bonds. The van der Waals surface area contributed by atoms with E-state index < -0.39 is 0 Å². The predicted octanol–water partition coefficient (Wildman–Crippen LogP) is 4.41. The third-order valence-electron chi connectivity index (χ3n) is 2.42. The highest BCUT2D eigenvalue weighted by molar-refractivity contribution is 8.04. The number of hydrogen-bond donors (Lipinski definition) is 0. The van der Waals surface area contributed by atoms with Gasteiger partial charge in [-0.3, -0.25) is 4.79 Å². The molecule has 0 radical (unpaired) electrons. The van der Waals surface area contributed by atoms with Crippen LogP contribution in [0.4, 0.5) is 0 Å². The fourth-order valence-corrected chi connectivity index (χ4v) is 2.40. The fourth-order valence-electron chi connectivity index (χ4n) is 1.52. The molecule has 0 spiro atoms. The molecule has 0 atom stereocenters. The summed E-state index contributed by atoms with van der Waals surface area (Å²) in [6.07, 6.45) is 1.93. The molecule has 2 aromatic carbocycles. The molecule has 0 heterocycles. The van der Waals surface area contributed by atoms with E-state index in [9.17, 15) is 4.79 Å². The highest BCUT2D eigenvalue weighted by Gasteiger charge is 2.06. The molecule has 0 fully saturated rings. The Morgan fingerprint density at radius 3 is 2.06 bits per heavy atom. The second-order valence-electron chi connectivity index (χ2n) is 3.89. The van der Waals surface area contributed by atoms with Gasteiger partial charge in [0.15, 0.2) is 5.78 Å². The fraction of sp³-hybridized carbons (Fsp3) is 0.0625. The zero-order chi connectivity index (χ0) is 12.8. The molecule has 0 aliphatic rings. The van der Waals surface area contributed by atoms with Crippen molar-refractivity contribution in [2.24, 2.45) is 0 Å². The Balaban J connectivity index is 2.25. The van der Waals surface area contributed by atoms with Gasteiger partial charge < -0.3 is 0 Å².